The molecule has 0 fully saturated rings. The summed E-state index contributed by atoms with van der Waals surface area (Å²) in [5.74, 6) is 0.252. The van der Waals surface area contributed by atoms with Crippen molar-refractivity contribution < 1.29 is 9.53 Å². The summed E-state index contributed by atoms with van der Waals surface area (Å²) >= 11 is 0. The number of rotatable bonds is 5. The number of carbonyl (C=O) groups is 1. The number of nitrogens with zero attached hydrogens (tertiary/aromatic N) is 2. The second-order valence-corrected chi connectivity index (χ2v) is 4.89. The minimum atomic E-state index is -0.379. The van der Waals surface area contributed by atoms with Crippen LogP contribution in [-0.4, -0.2) is 24.0 Å². The third-order valence-electron chi connectivity index (χ3n) is 3.36. The summed E-state index contributed by atoms with van der Waals surface area (Å²) in [5.41, 5.74) is 11.2. The van der Waals surface area contributed by atoms with Crippen LogP contribution in [0.15, 0.2) is 59.7 Å². The zero-order chi connectivity index (χ0) is 16.1. The van der Waals surface area contributed by atoms with E-state index in [2.05, 4.69) is 21.6 Å². The average Bonchev–Trinajstić information content (AvgIpc) is 3.09. The highest BCUT2D eigenvalue weighted by atomic mass is 16.5. The Balaban J connectivity index is 1.73. The number of ether oxygens (including phenoxy) is 1. The summed E-state index contributed by atoms with van der Waals surface area (Å²) in [6.45, 7) is 0.630. The average molecular weight is 311 g/mol. The predicted molar refractivity (Wildman–Crippen MR) is 85.7 cm³/mol. The van der Waals surface area contributed by atoms with E-state index < -0.39 is 0 Å². The molecular formula is C16H17N5O2. The van der Waals surface area contributed by atoms with Crippen LogP contribution < -0.4 is 16.5 Å². The molecule has 118 valence electrons. The van der Waals surface area contributed by atoms with Gasteiger partial charge >= 0.3 is 5.97 Å². The van der Waals surface area contributed by atoms with Crippen molar-refractivity contribution in [3.8, 4) is 0 Å². The predicted octanol–water partition coefficient (Wildman–Crippen LogP) is 1.16. The number of carbonyl (C=O) groups excluding carboxylic acids is 1. The third kappa shape index (κ3) is 3.47. The Bertz CT molecular complexity index is 717. The van der Waals surface area contributed by atoms with E-state index in [0.717, 1.165) is 11.1 Å². The number of hydrogen-bond acceptors (Lipinski definition) is 7. The van der Waals surface area contributed by atoms with Crippen LogP contribution in [0.4, 0.5) is 0 Å². The highest BCUT2D eigenvalue weighted by Crippen LogP contribution is 2.10. The van der Waals surface area contributed by atoms with Crippen LogP contribution in [0.1, 0.15) is 21.5 Å². The van der Waals surface area contributed by atoms with Gasteiger partial charge < -0.3 is 4.74 Å². The zero-order valence-electron chi connectivity index (χ0n) is 12.6. The first kappa shape index (κ1) is 15.0. The third-order valence-corrected chi connectivity index (χ3v) is 3.36. The largest absolute Gasteiger partial charge is 0.465 e. The molecule has 0 amide bonds. The van der Waals surface area contributed by atoms with Crippen LogP contribution in [0.2, 0.25) is 0 Å². The number of benzene rings is 2. The molecule has 7 nitrogen and oxygen atoms in total. The lowest BCUT2D eigenvalue weighted by atomic mass is 10.1. The molecule has 23 heavy (non-hydrogen) atoms. The zero-order valence-corrected chi connectivity index (χ0v) is 12.6. The molecule has 0 radical (unpaired) electrons. The molecule has 0 unspecified atom stereocenters. The minimum absolute atomic E-state index is 0.379. The van der Waals surface area contributed by atoms with Crippen LogP contribution in [-0.2, 0) is 11.3 Å². The van der Waals surface area contributed by atoms with Crippen molar-refractivity contribution in [3.05, 3.63) is 71.3 Å². The first-order valence-electron chi connectivity index (χ1n) is 7.12. The summed E-state index contributed by atoms with van der Waals surface area (Å²) in [6, 6.07) is 17.1. The maximum Gasteiger partial charge on any atom is 0.337 e. The fourth-order valence-electron chi connectivity index (χ4n) is 2.21. The van der Waals surface area contributed by atoms with Crippen molar-refractivity contribution in [1.29, 1.82) is 0 Å². The summed E-state index contributed by atoms with van der Waals surface area (Å²) < 4.78 is 4.75. The monoisotopic (exact) mass is 311 g/mol. The van der Waals surface area contributed by atoms with Gasteiger partial charge in [-0.05, 0) is 17.7 Å². The lowest BCUT2D eigenvalue weighted by Gasteiger charge is -2.20. The summed E-state index contributed by atoms with van der Waals surface area (Å²) in [4.78, 5) is 11.7. The molecule has 3 N–H and O–H groups in total. The molecule has 0 aromatic heterocycles. The Morgan fingerprint density at radius 1 is 1.22 bits per heavy atom. The topological polar surface area (TPSA) is 78.0 Å². The maximum absolute atomic E-state index is 11.7. The first-order chi connectivity index (χ1) is 11.3. The van der Waals surface area contributed by atoms with Crippen LogP contribution >= 0.6 is 0 Å². The van der Waals surface area contributed by atoms with E-state index >= 15 is 0 Å². The van der Waals surface area contributed by atoms with E-state index in [-0.39, 0.29) is 5.97 Å². The Labute approximate surface area is 133 Å². The van der Waals surface area contributed by atoms with Crippen molar-refractivity contribution in [1.82, 2.24) is 21.6 Å². The van der Waals surface area contributed by atoms with Gasteiger partial charge in [0.1, 0.15) is 0 Å². The van der Waals surface area contributed by atoms with E-state index in [0.29, 0.717) is 17.9 Å². The highest BCUT2D eigenvalue weighted by molar-refractivity contribution is 6.01. The molecule has 1 aliphatic heterocycles. The SMILES string of the molecule is COC(=O)c1cccc(C2=NNNN2NCc2ccccc2)c1. The normalized spacial score (nSPS) is 13.4. The van der Waals surface area contributed by atoms with Gasteiger partial charge in [-0.1, -0.05) is 42.5 Å². The van der Waals surface area contributed by atoms with E-state index in [1.54, 1.807) is 23.3 Å². The molecule has 1 aliphatic rings. The summed E-state index contributed by atoms with van der Waals surface area (Å²) in [6.07, 6.45) is 0. The van der Waals surface area contributed by atoms with Gasteiger partial charge in [0.15, 0.2) is 5.84 Å². The van der Waals surface area contributed by atoms with Crippen LogP contribution in [0, 0.1) is 0 Å². The second kappa shape index (κ2) is 6.91. The molecule has 0 saturated heterocycles. The lowest BCUT2D eigenvalue weighted by Crippen LogP contribution is -2.50. The second-order valence-electron chi connectivity index (χ2n) is 4.89. The number of hydrazine groups is 3. The Morgan fingerprint density at radius 2 is 2.04 bits per heavy atom. The molecule has 1 heterocycles. The van der Waals surface area contributed by atoms with Crippen LogP contribution in [0.3, 0.4) is 0 Å². The highest BCUT2D eigenvalue weighted by Gasteiger charge is 2.19. The molecule has 0 bridgehead atoms. The number of methoxy groups -OCH3 is 1. The van der Waals surface area contributed by atoms with Gasteiger partial charge in [0.2, 0.25) is 0 Å². The van der Waals surface area contributed by atoms with E-state index in [9.17, 15) is 4.79 Å². The van der Waals surface area contributed by atoms with E-state index in [1.807, 2.05) is 36.4 Å². The van der Waals surface area contributed by atoms with E-state index in [4.69, 9.17) is 4.74 Å². The number of amidine groups is 1. The van der Waals surface area contributed by atoms with Crippen molar-refractivity contribution in [2.45, 2.75) is 6.54 Å². The number of hydrogen-bond donors (Lipinski definition) is 3. The Hall–Kier alpha value is -2.90. The summed E-state index contributed by atoms with van der Waals surface area (Å²) in [5, 5.41) is 5.86. The van der Waals surface area contributed by atoms with Crippen molar-refractivity contribution >= 4 is 11.8 Å². The fourth-order valence-corrected chi connectivity index (χ4v) is 2.21. The smallest absolute Gasteiger partial charge is 0.337 e. The minimum Gasteiger partial charge on any atom is -0.465 e. The van der Waals surface area contributed by atoms with Crippen LogP contribution in [0.5, 0.6) is 0 Å². The number of esters is 1. The van der Waals surface area contributed by atoms with Crippen molar-refractivity contribution in [2.75, 3.05) is 7.11 Å². The van der Waals surface area contributed by atoms with Gasteiger partial charge in [0, 0.05) is 12.1 Å². The molecule has 7 heteroatoms. The van der Waals surface area contributed by atoms with Crippen LogP contribution in [0.25, 0.3) is 0 Å². The van der Waals surface area contributed by atoms with Crippen molar-refractivity contribution in [3.63, 3.8) is 0 Å². The molecule has 3 rings (SSSR count). The van der Waals surface area contributed by atoms with Gasteiger partial charge in [-0.15, -0.1) is 10.6 Å². The van der Waals surface area contributed by atoms with Gasteiger partial charge in [-0.3, -0.25) is 0 Å². The number of nitrogens with one attached hydrogen (secondary N) is 3. The lowest BCUT2D eigenvalue weighted by molar-refractivity contribution is 0.0600. The number of hydrazone groups is 1. The van der Waals surface area contributed by atoms with Crippen molar-refractivity contribution in [2.24, 2.45) is 5.10 Å². The van der Waals surface area contributed by atoms with Gasteiger partial charge in [-0.25, -0.2) is 20.9 Å². The molecule has 0 spiro atoms. The standard InChI is InChI=1S/C16H17N5O2/c1-23-16(22)14-9-5-8-13(10-14)15-18-19-20-21(15)17-11-12-6-3-2-4-7-12/h2-10,17,19-20H,11H2,1H3. The van der Waals surface area contributed by atoms with E-state index in [1.165, 1.54) is 7.11 Å². The van der Waals surface area contributed by atoms with Gasteiger partial charge in [-0.2, -0.15) is 0 Å². The maximum atomic E-state index is 11.7. The summed E-state index contributed by atoms with van der Waals surface area (Å²) in [7, 11) is 1.36. The molecular weight excluding hydrogens is 294 g/mol. The molecule has 0 aliphatic carbocycles. The first-order valence-corrected chi connectivity index (χ1v) is 7.12. The quantitative estimate of drug-likeness (QED) is 0.720. The Kier molecular flexibility index (Phi) is 4.51. The molecule has 2 aromatic rings. The molecule has 2 aromatic carbocycles. The van der Waals surface area contributed by atoms with Gasteiger partial charge in [0.25, 0.3) is 0 Å². The molecule has 0 atom stereocenters. The molecule has 0 saturated carbocycles. The van der Waals surface area contributed by atoms with Gasteiger partial charge in [0.05, 0.1) is 12.7 Å². The fraction of sp³-hybridized carbons (Fsp3) is 0.125. The Morgan fingerprint density at radius 3 is 2.83 bits per heavy atom.